The maximum Gasteiger partial charge on any atom is 0.253 e. The number of aromatic nitrogens is 4. The zero-order valence-corrected chi connectivity index (χ0v) is 13.5. The third-order valence-corrected chi connectivity index (χ3v) is 4.41. The van der Waals surface area contributed by atoms with Crippen molar-refractivity contribution >= 4 is 28.3 Å². The van der Waals surface area contributed by atoms with Crippen molar-refractivity contribution in [3.05, 3.63) is 39.9 Å². The van der Waals surface area contributed by atoms with E-state index in [1.54, 1.807) is 23.7 Å². The highest BCUT2D eigenvalue weighted by Gasteiger charge is 2.15. The molecule has 1 amide bonds. The second kappa shape index (κ2) is 5.84. The number of hydrogen-bond donors (Lipinski definition) is 2. The van der Waals surface area contributed by atoms with Crippen LogP contribution >= 0.6 is 11.3 Å². The fourth-order valence-corrected chi connectivity index (χ4v) is 3.40. The Bertz CT molecular complexity index is 820. The van der Waals surface area contributed by atoms with Crippen LogP contribution in [0.15, 0.2) is 18.7 Å². The standard InChI is InChI=1S/C15H17N5OS/c1-8(2)13-9(3)22-12(20-13)6-18-15(21)11-5-17-14-10(11)4-16-7-19-14/h4-5,7-8H,6H2,1-3H3,(H,18,21)(H,16,17,19). The van der Waals surface area contributed by atoms with Gasteiger partial charge in [-0.25, -0.2) is 15.0 Å². The number of aromatic amines is 1. The normalized spacial score (nSPS) is 11.3. The zero-order chi connectivity index (χ0) is 15.7. The molecular formula is C15H17N5OS. The first kappa shape index (κ1) is 14.6. The Morgan fingerprint density at radius 3 is 3.00 bits per heavy atom. The largest absolute Gasteiger partial charge is 0.345 e. The number of aryl methyl sites for hydroxylation is 1. The number of rotatable bonds is 4. The van der Waals surface area contributed by atoms with Gasteiger partial charge in [0.05, 0.1) is 17.8 Å². The van der Waals surface area contributed by atoms with Crippen molar-refractivity contribution in [2.75, 3.05) is 0 Å². The minimum Gasteiger partial charge on any atom is -0.345 e. The van der Waals surface area contributed by atoms with Crippen molar-refractivity contribution in [1.82, 2.24) is 25.3 Å². The molecule has 3 heterocycles. The number of carbonyl (C=O) groups is 1. The van der Waals surface area contributed by atoms with Gasteiger partial charge in [-0.05, 0) is 12.8 Å². The van der Waals surface area contributed by atoms with Crippen molar-refractivity contribution in [2.45, 2.75) is 33.2 Å². The van der Waals surface area contributed by atoms with Gasteiger partial charge >= 0.3 is 0 Å². The number of nitrogens with one attached hydrogen (secondary N) is 2. The summed E-state index contributed by atoms with van der Waals surface area (Å²) in [5.74, 6) is 0.242. The molecule has 0 aliphatic carbocycles. The molecule has 0 radical (unpaired) electrons. The lowest BCUT2D eigenvalue weighted by atomic mass is 10.1. The minimum absolute atomic E-state index is 0.153. The number of amides is 1. The van der Waals surface area contributed by atoms with Crippen molar-refractivity contribution in [3.63, 3.8) is 0 Å². The number of hydrogen-bond acceptors (Lipinski definition) is 5. The maximum absolute atomic E-state index is 12.3. The maximum atomic E-state index is 12.3. The molecule has 3 rings (SSSR count). The van der Waals surface area contributed by atoms with Crippen LogP contribution < -0.4 is 5.32 Å². The van der Waals surface area contributed by atoms with Crippen LogP contribution in [0.4, 0.5) is 0 Å². The van der Waals surface area contributed by atoms with Gasteiger partial charge in [-0.1, -0.05) is 13.8 Å². The minimum atomic E-state index is -0.153. The number of thiazole rings is 1. The van der Waals surface area contributed by atoms with E-state index < -0.39 is 0 Å². The fraction of sp³-hybridized carbons (Fsp3) is 0.333. The van der Waals surface area contributed by atoms with Gasteiger partial charge in [-0.3, -0.25) is 4.79 Å². The quantitative estimate of drug-likeness (QED) is 0.775. The molecule has 114 valence electrons. The summed E-state index contributed by atoms with van der Waals surface area (Å²) in [6, 6.07) is 0. The van der Waals surface area contributed by atoms with Crippen molar-refractivity contribution in [1.29, 1.82) is 0 Å². The number of carbonyl (C=O) groups excluding carboxylic acids is 1. The van der Waals surface area contributed by atoms with Crippen LogP contribution in [0, 0.1) is 6.92 Å². The van der Waals surface area contributed by atoms with Gasteiger partial charge < -0.3 is 10.3 Å². The van der Waals surface area contributed by atoms with Gasteiger partial charge in [0.25, 0.3) is 5.91 Å². The molecule has 0 unspecified atom stereocenters. The average Bonchev–Trinajstić information content (AvgIpc) is 3.08. The second-order valence-corrected chi connectivity index (χ2v) is 6.66. The molecule has 0 aliphatic rings. The van der Waals surface area contributed by atoms with E-state index in [4.69, 9.17) is 0 Å². The number of fused-ring (bicyclic) bond motifs is 1. The summed E-state index contributed by atoms with van der Waals surface area (Å²) in [7, 11) is 0. The zero-order valence-electron chi connectivity index (χ0n) is 12.7. The summed E-state index contributed by atoms with van der Waals surface area (Å²) in [5.41, 5.74) is 2.31. The molecule has 0 atom stereocenters. The van der Waals surface area contributed by atoms with E-state index in [0.717, 1.165) is 16.1 Å². The van der Waals surface area contributed by atoms with Gasteiger partial charge in [0.2, 0.25) is 0 Å². The molecule has 0 bridgehead atoms. The Labute approximate surface area is 132 Å². The summed E-state index contributed by atoms with van der Waals surface area (Å²) >= 11 is 1.63. The molecule has 0 saturated heterocycles. The Hall–Kier alpha value is -2.28. The Kier molecular flexibility index (Phi) is 3.89. The van der Waals surface area contributed by atoms with Crippen molar-refractivity contribution in [3.8, 4) is 0 Å². The molecule has 3 aromatic rings. The molecule has 0 aliphatic heterocycles. The lowest BCUT2D eigenvalue weighted by Crippen LogP contribution is -2.22. The highest BCUT2D eigenvalue weighted by atomic mass is 32.1. The molecule has 22 heavy (non-hydrogen) atoms. The highest BCUT2D eigenvalue weighted by molar-refractivity contribution is 7.11. The fourth-order valence-electron chi connectivity index (χ4n) is 2.38. The van der Waals surface area contributed by atoms with E-state index in [2.05, 4.69) is 46.0 Å². The van der Waals surface area contributed by atoms with E-state index in [0.29, 0.717) is 23.7 Å². The Balaban J connectivity index is 1.74. The average molecular weight is 315 g/mol. The molecule has 0 saturated carbocycles. The first-order valence-corrected chi connectivity index (χ1v) is 7.89. The van der Waals surface area contributed by atoms with E-state index in [-0.39, 0.29) is 5.91 Å². The lowest BCUT2D eigenvalue weighted by molar-refractivity contribution is 0.0952. The van der Waals surface area contributed by atoms with Crippen molar-refractivity contribution in [2.24, 2.45) is 0 Å². The predicted molar refractivity (Wildman–Crippen MR) is 86.0 cm³/mol. The first-order valence-electron chi connectivity index (χ1n) is 7.07. The summed E-state index contributed by atoms with van der Waals surface area (Å²) in [4.78, 5) is 29.1. The van der Waals surface area contributed by atoms with Gasteiger partial charge in [-0.15, -0.1) is 11.3 Å². The monoisotopic (exact) mass is 315 g/mol. The molecule has 2 N–H and O–H groups in total. The topological polar surface area (TPSA) is 83.6 Å². The summed E-state index contributed by atoms with van der Waals surface area (Å²) in [6.07, 6.45) is 4.74. The summed E-state index contributed by atoms with van der Waals surface area (Å²) in [6.45, 7) is 6.74. The van der Waals surface area contributed by atoms with Crippen LogP contribution in [0.2, 0.25) is 0 Å². The molecule has 0 spiro atoms. The van der Waals surface area contributed by atoms with Crippen LogP contribution in [0.3, 0.4) is 0 Å². The SMILES string of the molecule is Cc1sc(CNC(=O)c2c[nH]c3ncncc23)nc1C(C)C. The van der Waals surface area contributed by atoms with Crippen molar-refractivity contribution < 1.29 is 4.79 Å². The lowest BCUT2D eigenvalue weighted by Gasteiger charge is -2.02. The summed E-state index contributed by atoms with van der Waals surface area (Å²) < 4.78 is 0. The Morgan fingerprint density at radius 2 is 2.27 bits per heavy atom. The molecule has 0 fully saturated rings. The van der Waals surface area contributed by atoms with Crippen LogP contribution in [0.1, 0.15) is 45.7 Å². The molecule has 6 nitrogen and oxygen atoms in total. The first-order chi connectivity index (χ1) is 10.6. The van der Waals surface area contributed by atoms with Gasteiger partial charge in [-0.2, -0.15) is 0 Å². The van der Waals surface area contributed by atoms with Crippen LogP contribution in [0.5, 0.6) is 0 Å². The molecular weight excluding hydrogens is 298 g/mol. The smallest absolute Gasteiger partial charge is 0.253 e. The third kappa shape index (κ3) is 2.71. The highest BCUT2D eigenvalue weighted by Crippen LogP contribution is 2.24. The van der Waals surface area contributed by atoms with E-state index in [1.165, 1.54) is 11.2 Å². The molecule has 0 aromatic carbocycles. The predicted octanol–water partition coefficient (Wildman–Crippen LogP) is 2.78. The van der Waals surface area contributed by atoms with E-state index in [9.17, 15) is 4.79 Å². The summed E-state index contributed by atoms with van der Waals surface area (Å²) in [5, 5.41) is 4.55. The Morgan fingerprint density at radius 1 is 1.45 bits per heavy atom. The van der Waals surface area contributed by atoms with Crippen LogP contribution in [-0.2, 0) is 6.54 Å². The van der Waals surface area contributed by atoms with Gasteiger partial charge in [0.1, 0.15) is 17.0 Å². The van der Waals surface area contributed by atoms with Gasteiger partial charge in [0, 0.05) is 22.7 Å². The van der Waals surface area contributed by atoms with E-state index >= 15 is 0 Å². The molecule has 3 aromatic heterocycles. The molecule has 7 heteroatoms. The third-order valence-electron chi connectivity index (χ3n) is 3.42. The van der Waals surface area contributed by atoms with Crippen LogP contribution in [0.25, 0.3) is 11.0 Å². The van der Waals surface area contributed by atoms with E-state index in [1.807, 2.05) is 0 Å². The second-order valence-electron chi connectivity index (χ2n) is 5.37. The van der Waals surface area contributed by atoms with Crippen LogP contribution in [-0.4, -0.2) is 25.8 Å². The number of H-pyrrole nitrogens is 1. The van der Waals surface area contributed by atoms with Gasteiger partial charge in [0.15, 0.2) is 0 Å². The number of nitrogens with zero attached hydrogens (tertiary/aromatic N) is 3.